The monoisotopic (exact) mass is 217 g/mol. The average molecular weight is 217 g/mol. The van der Waals surface area contributed by atoms with Gasteiger partial charge in [-0.15, -0.1) is 0 Å². The number of aromatic nitrogens is 2. The zero-order valence-corrected chi connectivity index (χ0v) is 8.60. The Bertz CT molecular complexity index is 561. The first-order chi connectivity index (χ1) is 7.77. The molecule has 1 aromatic heterocycles. The molecule has 1 aliphatic rings. The lowest BCUT2D eigenvalue weighted by Gasteiger charge is -2.26. The highest BCUT2D eigenvalue weighted by Gasteiger charge is 2.23. The highest BCUT2D eigenvalue weighted by atomic mass is 16.4. The van der Waals surface area contributed by atoms with Crippen molar-refractivity contribution in [2.24, 2.45) is 0 Å². The summed E-state index contributed by atoms with van der Waals surface area (Å²) in [5.41, 5.74) is 3.67. The Balaban J connectivity index is 2.25. The minimum Gasteiger partial charge on any atom is -0.465 e. The van der Waals surface area contributed by atoms with E-state index in [9.17, 15) is 4.79 Å². The van der Waals surface area contributed by atoms with Gasteiger partial charge in [0.1, 0.15) is 0 Å². The fraction of sp³-hybridized carbons (Fsp3) is 0.273. The van der Waals surface area contributed by atoms with Gasteiger partial charge in [-0.05, 0) is 25.0 Å². The van der Waals surface area contributed by atoms with Crippen molar-refractivity contribution in [2.45, 2.75) is 12.8 Å². The topological polar surface area (TPSA) is 69.2 Å². The first-order valence-electron chi connectivity index (χ1n) is 5.23. The number of fused-ring (bicyclic) bond motifs is 3. The maximum absolute atomic E-state index is 11.1. The van der Waals surface area contributed by atoms with Gasteiger partial charge in [0.15, 0.2) is 0 Å². The Morgan fingerprint density at radius 3 is 3.19 bits per heavy atom. The number of carboxylic acid groups (broad SMARTS) is 1. The predicted octanol–water partition coefficient (Wildman–Crippen LogP) is 1.99. The van der Waals surface area contributed by atoms with Gasteiger partial charge in [-0.3, -0.25) is 4.90 Å². The van der Waals surface area contributed by atoms with Crippen molar-refractivity contribution >= 4 is 22.8 Å². The summed E-state index contributed by atoms with van der Waals surface area (Å²) in [5, 5.41) is 9.11. The molecule has 1 aromatic carbocycles. The van der Waals surface area contributed by atoms with Crippen LogP contribution in [0.3, 0.4) is 0 Å². The fourth-order valence-corrected chi connectivity index (χ4v) is 2.29. The smallest absolute Gasteiger partial charge is 0.411 e. The molecule has 1 aliphatic heterocycles. The standard InChI is InChI=1S/C11H11N3O2/c15-11(16)14-5-1-2-7-9(14)4-3-8-10(7)13-6-12-8/h3-4,6H,1-2,5H2,(H,12,13)(H,15,16). The van der Waals surface area contributed by atoms with Crippen LogP contribution in [0.1, 0.15) is 12.0 Å². The lowest BCUT2D eigenvalue weighted by atomic mass is 10.0. The third-order valence-electron chi connectivity index (χ3n) is 3.00. The van der Waals surface area contributed by atoms with Crippen LogP contribution in [0, 0.1) is 0 Å². The van der Waals surface area contributed by atoms with Crippen LogP contribution in [0.2, 0.25) is 0 Å². The van der Waals surface area contributed by atoms with E-state index in [4.69, 9.17) is 5.11 Å². The zero-order valence-electron chi connectivity index (χ0n) is 8.60. The second-order valence-corrected chi connectivity index (χ2v) is 3.90. The molecule has 5 nitrogen and oxygen atoms in total. The fourth-order valence-electron chi connectivity index (χ4n) is 2.29. The predicted molar refractivity (Wildman–Crippen MR) is 59.8 cm³/mol. The summed E-state index contributed by atoms with van der Waals surface area (Å²) in [6.45, 7) is 0.568. The van der Waals surface area contributed by atoms with E-state index in [1.807, 2.05) is 12.1 Å². The minimum absolute atomic E-state index is 0.568. The molecule has 3 rings (SSSR count). The molecule has 0 unspecified atom stereocenters. The van der Waals surface area contributed by atoms with Crippen LogP contribution < -0.4 is 4.90 Å². The Kier molecular flexibility index (Phi) is 1.86. The number of anilines is 1. The van der Waals surface area contributed by atoms with Crippen LogP contribution in [0.15, 0.2) is 18.5 Å². The molecule has 16 heavy (non-hydrogen) atoms. The number of aryl methyl sites for hydroxylation is 1. The van der Waals surface area contributed by atoms with Gasteiger partial charge in [0.2, 0.25) is 0 Å². The molecular formula is C11H11N3O2. The van der Waals surface area contributed by atoms with E-state index in [1.54, 1.807) is 6.33 Å². The number of hydrogen-bond donors (Lipinski definition) is 2. The van der Waals surface area contributed by atoms with Gasteiger partial charge >= 0.3 is 6.09 Å². The molecule has 0 saturated heterocycles. The van der Waals surface area contributed by atoms with Crippen molar-refractivity contribution < 1.29 is 9.90 Å². The van der Waals surface area contributed by atoms with Gasteiger partial charge in [-0.2, -0.15) is 0 Å². The van der Waals surface area contributed by atoms with E-state index in [1.165, 1.54) is 4.90 Å². The summed E-state index contributed by atoms with van der Waals surface area (Å²) >= 11 is 0. The molecule has 0 bridgehead atoms. The highest BCUT2D eigenvalue weighted by Crippen LogP contribution is 2.31. The van der Waals surface area contributed by atoms with Crippen LogP contribution in [0.4, 0.5) is 10.5 Å². The number of benzene rings is 1. The first-order valence-corrected chi connectivity index (χ1v) is 5.23. The van der Waals surface area contributed by atoms with Crippen molar-refractivity contribution in [3.63, 3.8) is 0 Å². The minimum atomic E-state index is -0.893. The number of nitrogens with zero attached hydrogens (tertiary/aromatic N) is 2. The molecular weight excluding hydrogens is 206 g/mol. The maximum atomic E-state index is 11.1. The number of H-pyrrole nitrogens is 1. The summed E-state index contributed by atoms with van der Waals surface area (Å²) in [6, 6.07) is 3.73. The molecule has 0 aliphatic carbocycles. The van der Waals surface area contributed by atoms with Crippen LogP contribution in [0.25, 0.3) is 11.0 Å². The van der Waals surface area contributed by atoms with E-state index in [-0.39, 0.29) is 0 Å². The summed E-state index contributed by atoms with van der Waals surface area (Å²) in [7, 11) is 0. The number of amides is 1. The van der Waals surface area contributed by atoms with Crippen molar-refractivity contribution in [1.82, 2.24) is 9.97 Å². The number of rotatable bonds is 0. The Labute approximate surface area is 91.7 Å². The van der Waals surface area contributed by atoms with Crippen molar-refractivity contribution in [3.8, 4) is 0 Å². The molecule has 0 fully saturated rings. The van der Waals surface area contributed by atoms with E-state index in [0.717, 1.165) is 35.1 Å². The van der Waals surface area contributed by atoms with Gasteiger partial charge in [0, 0.05) is 12.1 Å². The average Bonchev–Trinajstić information content (AvgIpc) is 2.76. The van der Waals surface area contributed by atoms with Crippen LogP contribution in [-0.2, 0) is 6.42 Å². The number of imidazole rings is 1. The third kappa shape index (κ3) is 1.18. The van der Waals surface area contributed by atoms with Gasteiger partial charge in [0.05, 0.1) is 23.0 Å². The number of aromatic amines is 1. The van der Waals surface area contributed by atoms with Crippen molar-refractivity contribution in [3.05, 3.63) is 24.0 Å². The molecule has 0 spiro atoms. The van der Waals surface area contributed by atoms with Crippen molar-refractivity contribution in [1.29, 1.82) is 0 Å². The molecule has 2 heterocycles. The normalized spacial score (nSPS) is 15.1. The van der Waals surface area contributed by atoms with Gasteiger partial charge in [-0.1, -0.05) is 0 Å². The lowest BCUT2D eigenvalue weighted by molar-refractivity contribution is 0.201. The largest absolute Gasteiger partial charge is 0.465 e. The summed E-state index contributed by atoms with van der Waals surface area (Å²) in [4.78, 5) is 19.8. The number of nitrogens with one attached hydrogen (secondary N) is 1. The summed E-state index contributed by atoms with van der Waals surface area (Å²) in [6.07, 6.45) is 2.49. The molecule has 5 heteroatoms. The van der Waals surface area contributed by atoms with Crippen molar-refractivity contribution in [2.75, 3.05) is 11.4 Å². The molecule has 2 N–H and O–H groups in total. The van der Waals surface area contributed by atoms with Crippen LogP contribution in [0.5, 0.6) is 0 Å². The van der Waals surface area contributed by atoms with E-state index in [2.05, 4.69) is 9.97 Å². The van der Waals surface area contributed by atoms with E-state index < -0.39 is 6.09 Å². The number of carbonyl (C=O) groups is 1. The Morgan fingerprint density at radius 1 is 1.50 bits per heavy atom. The Hall–Kier alpha value is -2.04. The van der Waals surface area contributed by atoms with Crippen LogP contribution in [-0.4, -0.2) is 27.7 Å². The third-order valence-corrected chi connectivity index (χ3v) is 3.00. The SMILES string of the molecule is O=C(O)N1CCCc2c1ccc1[nH]cnc21. The molecule has 1 amide bonds. The molecule has 0 radical (unpaired) electrons. The summed E-state index contributed by atoms with van der Waals surface area (Å²) < 4.78 is 0. The van der Waals surface area contributed by atoms with Gasteiger partial charge in [0.25, 0.3) is 0 Å². The van der Waals surface area contributed by atoms with Gasteiger partial charge < -0.3 is 10.1 Å². The molecule has 0 atom stereocenters. The van der Waals surface area contributed by atoms with E-state index >= 15 is 0 Å². The molecule has 82 valence electrons. The highest BCUT2D eigenvalue weighted by molar-refractivity contribution is 5.93. The lowest BCUT2D eigenvalue weighted by Crippen LogP contribution is -2.34. The first kappa shape index (κ1) is 9.21. The van der Waals surface area contributed by atoms with E-state index in [0.29, 0.717) is 6.54 Å². The number of hydrogen-bond acceptors (Lipinski definition) is 2. The van der Waals surface area contributed by atoms with Crippen LogP contribution >= 0.6 is 0 Å². The second-order valence-electron chi connectivity index (χ2n) is 3.90. The summed E-state index contributed by atoms with van der Waals surface area (Å²) in [5.74, 6) is 0. The Morgan fingerprint density at radius 2 is 2.38 bits per heavy atom. The maximum Gasteiger partial charge on any atom is 0.411 e. The van der Waals surface area contributed by atoms with Gasteiger partial charge in [-0.25, -0.2) is 9.78 Å². The second kappa shape index (κ2) is 3.23. The molecule has 2 aromatic rings. The molecule has 0 saturated carbocycles. The quantitative estimate of drug-likeness (QED) is 0.709. The zero-order chi connectivity index (χ0) is 11.1.